The van der Waals surface area contributed by atoms with Crippen LogP contribution in [0.15, 0.2) is 12.2 Å². The summed E-state index contributed by atoms with van der Waals surface area (Å²) in [4.78, 5) is 10.8. The summed E-state index contributed by atoms with van der Waals surface area (Å²) in [6.07, 6.45) is 4.68. The Morgan fingerprint density at radius 3 is 3.22 bits per heavy atom. The van der Waals surface area contributed by atoms with Crippen molar-refractivity contribution in [1.82, 2.24) is 0 Å². The lowest BCUT2D eigenvalue weighted by atomic mass is 10.1. The van der Waals surface area contributed by atoms with Gasteiger partial charge in [-0.05, 0) is 6.42 Å². The van der Waals surface area contributed by atoms with E-state index < -0.39 is 0 Å². The summed E-state index contributed by atoms with van der Waals surface area (Å²) in [6.45, 7) is 2.32. The van der Waals surface area contributed by atoms with Crippen molar-refractivity contribution in [3.63, 3.8) is 0 Å². The maximum absolute atomic E-state index is 10.8. The molecule has 0 saturated carbocycles. The van der Waals surface area contributed by atoms with Gasteiger partial charge in [-0.25, -0.2) is 0 Å². The number of hydrogen-bond acceptors (Lipinski definition) is 2. The third kappa shape index (κ3) is 1.56. The first-order chi connectivity index (χ1) is 4.30. The Morgan fingerprint density at radius 2 is 2.44 bits per heavy atom. The molecule has 1 aliphatic rings. The van der Waals surface area contributed by atoms with E-state index in [1.165, 1.54) is 0 Å². The number of rotatable bonds is 0. The van der Waals surface area contributed by atoms with Gasteiger partial charge in [0.25, 0.3) is 0 Å². The van der Waals surface area contributed by atoms with Gasteiger partial charge in [-0.15, -0.1) is 0 Å². The SMILES string of the molecule is CC1CC=CCOC1=O. The van der Waals surface area contributed by atoms with Crippen LogP contribution in [0.5, 0.6) is 0 Å². The smallest absolute Gasteiger partial charge is 0.309 e. The number of hydrogen-bond donors (Lipinski definition) is 0. The Bertz CT molecular complexity index is 138. The second-order valence-electron chi connectivity index (χ2n) is 2.24. The lowest BCUT2D eigenvalue weighted by Gasteiger charge is -2.02. The van der Waals surface area contributed by atoms with Crippen molar-refractivity contribution in [2.24, 2.45) is 5.92 Å². The molecule has 0 radical (unpaired) electrons. The molecular formula is C7H10O2. The van der Waals surface area contributed by atoms with E-state index in [0.29, 0.717) is 6.61 Å². The zero-order valence-corrected chi connectivity index (χ0v) is 5.46. The number of carbonyl (C=O) groups excluding carboxylic acids is 1. The summed E-state index contributed by atoms with van der Waals surface area (Å²) in [7, 11) is 0. The molecule has 0 aliphatic carbocycles. The summed E-state index contributed by atoms with van der Waals surface area (Å²) in [5.41, 5.74) is 0. The van der Waals surface area contributed by atoms with E-state index in [9.17, 15) is 4.79 Å². The third-order valence-corrected chi connectivity index (χ3v) is 1.38. The molecule has 1 atom stereocenters. The molecule has 1 heterocycles. The molecule has 2 heteroatoms. The molecule has 50 valence electrons. The van der Waals surface area contributed by atoms with Crippen LogP contribution in [0.4, 0.5) is 0 Å². The largest absolute Gasteiger partial charge is 0.461 e. The highest BCUT2D eigenvalue weighted by Crippen LogP contribution is 2.08. The van der Waals surface area contributed by atoms with Crippen LogP contribution in [-0.2, 0) is 9.53 Å². The number of carbonyl (C=O) groups is 1. The lowest BCUT2D eigenvalue weighted by molar-refractivity contribution is -0.146. The normalized spacial score (nSPS) is 27.2. The van der Waals surface area contributed by atoms with Gasteiger partial charge in [0, 0.05) is 0 Å². The average molecular weight is 126 g/mol. The lowest BCUT2D eigenvalue weighted by Crippen LogP contribution is -2.11. The minimum Gasteiger partial charge on any atom is -0.461 e. The van der Waals surface area contributed by atoms with Gasteiger partial charge < -0.3 is 4.74 Å². The molecule has 1 rings (SSSR count). The van der Waals surface area contributed by atoms with Gasteiger partial charge in [-0.3, -0.25) is 4.79 Å². The zero-order valence-electron chi connectivity index (χ0n) is 5.46. The van der Waals surface area contributed by atoms with E-state index in [0.717, 1.165) is 6.42 Å². The van der Waals surface area contributed by atoms with Crippen LogP contribution in [0.2, 0.25) is 0 Å². The molecular weight excluding hydrogens is 116 g/mol. The molecule has 0 saturated heterocycles. The van der Waals surface area contributed by atoms with Crippen LogP contribution in [-0.4, -0.2) is 12.6 Å². The number of allylic oxidation sites excluding steroid dienone is 1. The first-order valence-corrected chi connectivity index (χ1v) is 3.12. The van der Waals surface area contributed by atoms with Crippen molar-refractivity contribution < 1.29 is 9.53 Å². The quantitative estimate of drug-likeness (QED) is 0.359. The van der Waals surface area contributed by atoms with Gasteiger partial charge in [-0.2, -0.15) is 0 Å². The number of ether oxygens (including phenoxy) is 1. The van der Waals surface area contributed by atoms with Crippen molar-refractivity contribution in [3.05, 3.63) is 12.2 Å². The van der Waals surface area contributed by atoms with E-state index in [1.807, 2.05) is 19.1 Å². The Kier molecular flexibility index (Phi) is 1.88. The number of esters is 1. The Hall–Kier alpha value is -0.790. The topological polar surface area (TPSA) is 26.3 Å². The molecule has 0 bridgehead atoms. The van der Waals surface area contributed by atoms with Gasteiger partial charge in [-0.1, -0.05) is 19.1 Å². The van der Waals surface area contributed by atoms with Gasteiger partial charge in [0.15, 0.2) is 0 Å². The molecule has 0 aromatic rings. The summed E-state index contributed by atoms with van der Waals surface area (Å²) in [5.74, 6) is -0.0382. The molecule has 0 amide bonds. The fourth-order valence-electron chi connectivity index (χ4n) is 0.737. The van der Waals surface area contributed by atoms with Crippen LogP contribution in [0.3, 0.4) is 0 Å². The maximum Gasteiger partial charge on any atom is 0.309 e. The molecule has 0 spiro atoms. The molecule has 1 unspecified atom stereocenters. The summed E-state index contributed by atoms with van der Waals surface area (Å²) >= 11 is 0. The standard InChI is InChI=1S/C7H10O2/c1-6-4-2-3-5-9-7(6)8/h2-3,6H,4-5H2,1H3. The highest BCUT2D eigenvalue weighted by atomic mass is 16.5. The molecule has 1 aliphatic heterocycles. The predicted octanol–water partition coefficient (Wildman–Crippen LogP) is 1.13. The van der Waals surface area contributed by atoms with E-state index in [4.69, 9.17) is 4.74 Å². The van der Waals surface area contributed by atoms with Crippen LogP contribution in [0.1, 0.15) is 13.3 Å². The first-order valence-electron chi connectivity index (χ1n) is 3.12. The van der Waals surface area contributed by atoms with Crippen LogP contribution in [0, 0.1) is 5.92 Å². The van der Waals surface area contributed by atoms with E-state index in [-0.39, 0.29) is 11.9 Å². The van der Waals surface area contributed by atoms with Crippen LogP contribution < -0.4 is 0 Å². The Balaban J connectivity index is 2.52. The van der Waals surface area contributed by atoms with Crippen molar-refractivity contribution in [1.29, 1.82) is 0 Å². The maximum atomic E-state index is 10.8. The van der Waals surface area contributed by atoms with Gasteiger partial charge in [0.2, 0.25) is 0 Å². The minimum atomic E-state index is -0.0833. The molecule has 0 fully saturated rings. The van der Waals surface area contributed by atoms with Crippen molar-refractivity contribution in [2.75, 3.05) is 6.61 Å². The monoisotopic (exact) mass is 126 g/mol. The van der Waals surface area contributed by atoms with Crippen LogP contribution in [0.25, 0.3) is 0 Å². The highest BCUT2D eigenvalue weighted by Gasteiger charge is 2.13. The molecule has 0 aromatic heterocycles. The van der Waals surface area contributed by atoms with E-state index in [2.05, 4.69) is 0 Å². The highest BCUT2D eigenvalue weighted by molar-refractivity contribution is 5.72. The molecule has 9 heavy (non-hydrogen) atoms. The first kappa shape index (κ1) is 6.33. The van der Waals surface area contributed by atoms with Crippen molar-refractivity contribution >= 4 is 5.97 Å². The summed E-state index contributed by atoms with van der Waals surface area (Å²) in [5, 5.41) is 0. The second-order valence-corrected chi connectivity index (χ2v) is 2.24. The fourth-order valence-corrected chi connectivity index (χ4v) is 0.737. The van der Waals surface area contributed by atoms with Crippen molar-refractivity contribution in [3.8, 4) is 0 Å². The second kappa shape index (κ2) is 2.67. The predicted molar refractivity (Wildman–Crippen MR) is 33.9 cm³/mol. The summed E-state index contributed by atoms with van der Waals surface area (Å²) in [6, 6.07) is 0. The number of cyclic esters (lactones) is 1. The summed E-state index contributed by atoms with van der Waals surface area (Å²) < 4.78 is 4.79. The van der Waals surface area contributed by atoms with Crippen molar-refractivity contribution in [2.45, 2.75) is 13.3 Å². The molecule has 0 N–H and O–H groups in total. The Morgan fingerprint density at radius 1 is 1.67 bits per heavy atom. The molecule has 2 nitrogen and oxygen atoms in total. The van der Waals surface area contributed by atoms with E-state index in [1.54, 1.807) is 0 Å². The fraction of sp³-hybridized carbons (Fsp3) is 0.571. The Labute approximate surface area is 54.5 Å². The molecule has 0 aromatic carbocycles. The third-order valence-electron chi connectivity index (χ3n) is 1.38. The van der Waals surface area contributed by atoms with Gasteiger partial charge in [0.05, 0.1) is 5.92 Å². The average Bonchev–Trinajstić information content (AvgIpc) is 1.99. The van der Waals surface area contributed by atoms with Gasteiger partial charge >= 0.3 is 5.97 Å². The van der Waals surface area contributed by atoms with Crippen LogP contribution >= 0.6 is 0 Å². The zero-order chi connectivity index (χ0) is 6.69. The minimum absolute atomic E-state index is 0.0451. The van der Waals surface area contributed by atoms with E-state index >= 15 is 0 Å². The van der Waals surface area contributed by atoms with Gasteiger partial charge in [0.1, 0.15) is 6.61 Å².